The minimum absolute atomic E-state index is 0.0288. The van der Waals surface area contributed by atoms with Gasteiger partial charge in [0.05, 0.1) is 28.3 Å². The van der Waals surface area contributed by atoms with Crippen LogP contribution in [0.1, 0.15) is 33.7 Å². The number of ether oxygens (including phenoxy) is 1. The average Bonchev–Trinajstić information content (AvgIpc) is 2.72. The molecule has 1 N–H and O–H groups in total. The van der Waals surface area contributed by atoms with Gasteiger partial charge in [-0.1, -0.05) is 12.1 Å². The van der Waals surface area contributed by atoms with Crippen LogP contribution in [0.3, 0.4) is 0 Å². The number of rotatable bonds is 3. The summed E-state index contributed by atoms with van der Waals surface area (Å²) in [6.45, 7) is 1.73. The van der Waals surface area contributed by atoms with Crippen LogP contribution in [0.4, 0.5) is 13.2 Å². The summed E-state index contributed by atoms with van der Waals surface area (Å²) in [6.07, 6.45) is -4.44. The highest BCUT2D eigenvalue weighted by Crippen LogP contribution is 2.47. The van der Waals surface area contributed by atoms with E-state index in [-0.39, 0.29) is 18.4 Å². The van der Waals surface area contributed by atoms with E-state index in [1.54, 1.807) is 19.1 Å². The van der Waals surface area contributed by atoms with Crippen LogP contribution in [0.5, 0.6) is 5.75 Å². The van der Waals surface area contributed by atoms with Crippen LogP contribution in [-0.2, 0) is 17.5 Å². The van der Waals surface area contributed by atoms with Crippen molar-refractivity contribution in [2.45, 2.75) is 29.8 Å². The molecular formula is C21H15BrF3NO4S. The van der Waals surface area contributed by atoms with Crippen molar-refractivity contribution in [3.8, 4) is 5.75 Å². The number of carbonyl (C=O) groups excluding carboxylic acids is 1. The Hall–Kier alpha value is -2.46. The lowest BCUT2D eigenvalue weighted by molar-refractivity contribution is -0.137. The Bertz CT molecular complexity index is 1250. The molecule has 2 heterocycles. The number of alkyl halides is 3. The fourth-order valence-electron chi connectivity index (χ4n) is 3.58. The van der Waals surface area contributed by atoms with Gasteiger partial charge >= 0.3 is 12.1 Å². The first-order valence-corrected chi connectivity index (χ1v) is 10.9. The summed E-state index contributed by atoms with van der Waals surface area (Å²) in [6, 6.07) is 8.23. The van der Waals surface area contributed by atoms with E-state index in [1.807, 2.05) is 0 Å². The van der Waals surface area contributed by atoms with Crippen LogP contribution in [0, 0.1) is 0 Å². The van der Waals surface area contributed by atoms with E-state index in [2.05, 4.69) is 15.9 Å². The van der Waals surface area contributed by atoms with Crippen molar-refractivity contribution in [2.75, 3.05) is 6.61 Å². The summed E-state index contributed by atoms with van der Waals surface area (Å²) < 4.78 is 45.5. The van der Waals surface area contributed by atoms with Crippen molar-refractivity contribution in [1.29, 1.82) is 0 Å². The fraction of sp³-hybridized carbons (Fsp3) is 0.238. The van der Waals surface area contributed by atoms with Gasteiger partial charge in [0.1, 0.15) is 5.75 Å². The van der Waals surface area contributed by atoms with Crippen molar-refractivity contribution in [2.24, 2.45) is 0 Å². The molecule has 2 aromatic carbocycles. The van der Waals surface area contributed by atoms with Crippen molar-refractivity contribution >= 4 is 44.6 Å². The Labute approximate surface area is 187 Å². The fourth-order valence-corrected chi connectivity index (χ4v) is 5.38. The normalized spacial score (nSPS) is 15.8. The molecule has 4 rings (SSSR count). The summed E-state index contributed by atoms with van der Waals surface area (Å²) >= 11 is 4.74. The van der Waals surface area contributed by atoms with Gasteiger partial charge in [0, 0.05) is 15.9 Å². The zero-order valence-electron chi connectivity index (χ0n) is 16.0. The summed E-state index contributed by atoms with van der Waals surface area (Å²) in [7, 11) is 0. The number of hydrogen-bond acceptors (Lipinski definition) is 5. The maximum absolute atomic E-state index is 13.1. The Kier molecular flexibility index (Phi) is 5.55. The molecule has 0 amide bonds. The summed E-state index contributed by atoms with van der Waals surface area (Å²) in [4.78, 5) is 26.2. The lowest BCUT2D eigenvalue weighted by Crippen LogP contribution is -2.31. The number of nitrogens with zero attached hydrogens (tertiary/aromatic N) is 1. The number of aromatic nitrogens is 1. The molecule has 1 unspecified atom stereocenters. The molecule has 10 heteroatoms. The molecular weight excluding hydrogens is 499 g/mol. The van der Waals surface area contributed by atoms with E-state index in [1.165, 1.54) is 28.5 Å². The number of carbonyl (C=O) groups is 1. The zero-order chi connectivity index (χ0) is 22.5. The number of benzene rings is 2. The molecule has 0 spiro atoms. The number of esters is 1. The lowest BCUT2D eigenvalue weighted by Gasteiger charge is -2.28. The van der Waals surface area contributed by atoms with Gasteiger partial charge in [-0.2, -0.15) is 13.2 Å². The van der Waals surface area contributed by atoms with Gasteiger partial charge < -0.3 is 14.4 Å². The summed E-state index contributed by atoms with van der Waals surface area (Å²) in [5, 5.41) is 10.6. The molecule has 0 radical (unpaired) electrons. The van der Waals surface area contributed by atoms with Crippen molar-refractivity contribution in [3.63, 3.8) is 0 Å². The molecule has 5 nitrogen and oxygen atoms in total. The van der Waals surface area contributed by atoms with Gasteiger partial charge in [-0.15, -0.1) is 11.8 Å². The highest BCUT2D eigenvalue weighted by Gasteiger charge is 2.33. The van der Waals surface area contributed by atoms with Crippen LogP contribution >= 0.6 is 27.7 Å². The Morgan fingerprint density at radius 1 is 1.26 bits per heavy atom. The Balaban J connectivity index is 1.87. The standard InChI is InChI=1S/C21H15BrF3NO4S/c1-2-30-20(29)16-18(27)15-12(22)7-8-13-17(15)26(19(16)28)9-14(31-13)10-3-5-11(6-4-10)21(23,24)25/h3-8,14,27H,2,9H2,1H3. The number of aromatic hydroxyl groups is 1. The third kappa shape index (κ3) is 3.71. The summed E-state index contributed by atoms with van der Waals surface area (Å²) in [5.74, 6) is -1.39. The molecule has 1 atom stereocenters. The molecule has 1 aliphatic heterocycles. The van der Waals surface area contributed by atoms with Crippen LogP contribution < -0.4 is 5.56 Å². The number of hydrogen-bond donors (Lipinski definition) is 1. The first-order valence-electron chi connectivity index (χ1n) is 9.22. The second kappa shape index (κ2) is 7.90. The maximum atomic E-state index is 13.1. The van der Waals surface area contributed by atoms with E-state index in [0.717, 1.165) is 12.1 Å². The van der Waals surface area contributed by atoms with E-state index < -0.39 is 34.6 Å². The predicted octanol–water partition coefficient (Wildman–Crippen LogP) is 5.51. The maximum Gasteiger partial charge on any atom is 0.416 e. The molecule has 1 aromatic heterocycles. The van der Waals surface area contributed by atoms with Crippen molar-refractivity contribution in [1.82, 2.24) is 4.57 Å². The molecule has 0 fully saturated rings. The van der Waals surface area contributed by atoms with Gasteiger partial charge in [0.2, 0.25) is 0 Å². The third-order valence-electron chi connectivity index (χ3n) is 5.00. The Morgan fingerprint density at radius 3 is 2.55 bits per heavy atom. The molecule has 0 bridgehead atoms. The van der Waals surface area contributed by atoms with Gasteiger partial charge in [-0.05, 0) is 52.7 Å². The smallest absolute Gasteiger partial charge is 0.416 e. The van der Waals surface area contributed by atoms with E-state index in [4.69, 9.17) is 4.74 Å². The second-order valence-corrected chi connectivity index (χ2v) is 8.95. The van der Waals surface area contributed by atoms with Crippen molar-refractivity contribution < 1.29 is 27.8 Å². The molecule has 0 saturated carbocycles. The van der Waals surface area contributed by atoms with E-state index in [9.17, 15) is 27.9 Å². The van der Waals surface area contributed by atoms with E-state index in [0.29, 0.717) is 25.8 Å². The minimum Gasteiger partial charge on any atom is -0.506 e. The highest BCUT2D eigenvalue weighted by molar-refractivity contribution is 9.10. The molecule has 31 heavy (non-hydrogen) atoms. The van der Waals surface area contributed by atoms with Gasteiger partial charge in [-0.3, -0.25) is 4.79 Å². The first-order chi connectivity index (χ1) is 14.6. The predicted molar refractivity (Wildman–Crippen MR) is 114 cm³/mol. The molecule has 162 valence electrons. The number of halogens is 4. The molecule has 0 saturated heterocycles. The topological polar surface area (TPSA) is 68.5 Å². The highest BCUT2D eigenvalue weighted by atomic mass is 79.9. The second-order valence-electron chi connectivity index (χ2n) is 6.86. The monoisotopic (exact) mass is 513 g/mol. The lowest BCUT2D eigenvalue weighted by atomic mass is 10.1. The van der Waals surface area contributed by atoms with E-state index >= 15 is 0 Å². The molecule has 3 aromatic rings. The summed E-state index contributed by atoms with van der Waals surface area (Å²) in [5.41, 5.74) is -0.865. The van der Waals surface area contributed by atoms with Gasteiger partial charge in [0.25, 0.3) is 5.56 Å². The zero-order valence-corrected chi connectivity index (χ0v) is 18.4. The van der Waals surface area contributed by atoms with Gasteiger partial charge in [0.15, 0.2) is 5.56 Å². The van der Waals surface area contributed by atoms with Gasteiger partial charge in [-0.25, -0.2) is 4.79 Å². The van der Waals surface area contributed by atoms with Crippen LogP contribution in [0.15, 0.2) is 50.6 Å². The molecule has 1 aliphatic rings. The third-order valence-corrected chi connectivity index (χ3v) is 6.95. The number of pyridine rings is 1. The largest absolute Gasteiger partial charge is 0.506 e. The number of thioether (sulfide) groups is 1. The minimum atomic E-state index is -4.44. The average molecular weight is 514 g/mol. The molecule has 0 aliphatic carbocycles. The quantitative estimate of drug-likeness (QED) is 0.467. The van der Waals surface area contributed by atoms with Crippen LogP contribution in [0.2, 0.25) is 0 Å². The SMILES string of the molecule is CCOC(=O)c1c(O)c2c(Br)ccc3c2n(c1=O)CC(c1ccc(C(F)(F)F)cc1)S3. The first kappa shape index (κ1) is 21.8. The van der Waals surface area contributed by atoms with Crippen molar-refractivity contribution in [3.05, 3.63) is 67.9 Å². The van der Waals surface area contributed by atoms with Crippen LogP contribution in [0.25, 0.3) is 10.9 Å². The Morgan fingerprint density at radius 2 is 1.94 bits per heavy atom. The van der Waals surface area contributed by atoms with Crippen LogP contribution in [-0.4, -0.2) is 22.2 Å².